The molecule has 10 heteroatoms. The summed E-state index contributed by atoms with van der Waals surface area (Å²) in [5, 5.41) is 6.26. The van der Waals surface area contributed by atoms with Gasteiger partial charge in [-0.05, 0) is 42.6 Å². The van der Waals surface area contributed by atoms with Crippen LogP contribution in [0.25, 0.3) is 0 Å². The summed E-state index contributed by atoms with van der Waals surface area (Å²) in [6.45, 7) is 3.71. The predicted octanol–water partition coefficient (Wildman–Crippen LogP) is 4.87. The fourth-order valence-electron chi connectivity index (χ4n) is 3.16. The number of hydrogen-bond donors (Lipinski definition) is 2. The Kier molecular flexibility index (Phi) is 6.79. The first kappa shape index (κ1) is 21.6. The first-order valence-electron chi connectivity index (χ1n) is 9.22. The van der Waals surface area contributed by atoms with Gasteiger partial charge in [-0.2, -0.15) is 18.2 Å². The van der Waals surface area contributed by atoms with E-state index in [0.29, 0.717) is 30.6 Å². The lowest BCUT2D eigenvalue weighted by Gasteiger charge is -2.32. The number of benzene rings is 1. The van der Waals surface area contributed by atoms with Gasteiger partial charge in [0, 0.05) is 30.7 Å². The number of anilines is 2. The molecular formula is C19H21ClF3N5S. The number of alkyl halides is 3. The normalized spacial score (nSPS) is 17.1. The molecular weight excluding hydrogens is 423 g/mol. The first-order valence-corrected chi connectivity index (χ1v) is 10.0. The molecule has 0 spiro atoms. The van der Waals surface area contributed by atoms with Crippen LogP contribution in [0.2, 0.25) is 5.02 Å². The van der Waals surface area contributed by atoms with Crippen LogP contribution in [-0.2, 0) is 12.7 Å². The molecule has 3 rings (SSSR count). The van der Waals surface area contributed by atoms with Crippen LogP contribution in [0.1, 0.15) is 31.0 Å². The average Bonchev–Trinajstić information content (AvgIpc) is 2.66. The fourth-order valence-corrected chi connectivity index (χ4v) is 3.52. The molecule has 0 amide bonds. The third-order valence-electron chi connectivity index (χ3n) is 4.61. The second kappa shape index (κ2) is 9.13. The zero-order valence-electron chi connectivity index (χ0n) is 15.8. The van der Waals surface area contributed by atoms with Gasteiger partial charge in [-0.25, -0.2) is 4.98 Å². The number of piperidine rings is 1. The van der Waals surface area contributed by atoms with Gasteiger partial charge >= 0.3 is 6.18 Å². The summed E-state index contributed by atoms with van der Waals surface area (Å²) in [6.07, 6.45) is -2.62. The first-order chi connectivity index (χ1) is 13.7. The Balaban J connectivity index is 1.75. The Bertz CT molecular complexity index is 877. The lowest BCUT2D eigenvalue weighted by molar-refractivity contribution is -0.141. The van der Waals surface area contributed by atoms with Gasteiger partial charge in [-0.3, -0.25) is 0 Å². The second-order valence-electron chi connectivity index (χ2n) is 7.03. The molecule has 1 unspecified atom stereocenters. The second-order valence-corrected chi connectivity index (χ2v) is 7.84. The zero-order chi connectivity index (χ0) is 21.0. The lowest BCUT2D eigenvalue weighted by Crippen LogP contribution is -2.35. The summed E-state index contributed by atoms with van der Waals surface area (Å²) < 4.78 is 40.0. The molecule has 1 aromatic carbocycles. The van der Waals surface area contributed by atoms with E-state index in [2.05, 4.69) is 27.5 Å². The molecule has 1 aliphatic rings. The van der Waals surface area contributed by atoms with E-state index >= 15 is 0 Å². The number of hydrogen-bond acceptors (Lipinski definition) is 4. The van der Waals surface area contributed by atoms with Crippen molar-refractivity contribution in [2.45, 2.75) is 32.5 Å². The van der Waals surface area contributed by atoms with Crippen molar-refractivity contribution in [2.24, 2.45) is 5.92 Å². The van der Waals surface area contributed by atoms with Crippen molar-refractivity contribution in [3.05, 3.63) is 46.6 Å². The van der Waals surface area contributed by atoms with E-state index in [9.17, 15) is 13.2 Å². The molecule has 0 saturated carbocycles. The van der Waals surface area contributed by atoms with Crippen LogP contribution < -0.4 is 15.5 Å². The van der Waals surface area contributed by atoms with Gasteiger partial charge in [0.15, 0.2) is 10.8 Å². The maximum atomic E-state index is 13.3. The fraction of sp³-hybridized carbons (Fsp3) is 0.421. The third kappa shape index (κ3) is 5.93. The van der Waals surface area contributed by atoms with Crippen LogP contribution in [-0.4, -0.2) is 28.2 Å². The molecule has 0 bridgehead atoms. The van der Waals surface area contributed by atoms with Gasteiger partial charge in [0.1, 0.15) is 5.82 Å². The van der Waals surface area contributed by atoms with Crippen molar-refractivity contribution in [1.29, 1.82) is 0 Å². The number of halogens is 4. The monoisotopic (exact) mass is 443 g/mol. The highest BCUT2D eigenvalue weighted by molar-refractivity contribution is 7.80. The van der Waals surface area contributed by atoms with Gasteiger partial charge in [0.25, 0.3) is 0 Å². The van der Waals surface area contributed by atoms with E-state index in [-0.39, 0.29) is 16.9 Å². The topological polar surface area (TPSA) is 53.1 Å². The molecule has 29 heavy (non-hydrogen) atoms. The third-order valence-corrected chi connectivity index (χ3v) is 5.22. The Morgan fingerprint density at radius 2 is 2.07 bits per heavy atom. The highest BCUT2D eigenvalue weighted by Crippen LogP contribution is 2.31. The van der Waals surface area contributed by atoms with Crippen LogP contribution in [0.5, 0.6) is 0 Å². The molecule has 1 saturated heterocycles. The molecule has 0 radical (unpaired) electrons. The van der Waals surface area contributed by atoms with Crippen molar-refractivity contribution < 1.29 is 13.2 Å². The summed E-state index contributed by atoms with van der Waals surface area (Å²) in [5.74, 6) is 0.447. The highest BCUT2D eigenvalue weighted by atomic mass is 35.5. The van der Waals surface area contributed by atoms with E-state index in [1.165, 1.54) is 0 Å². The van der Waals surface area contributed by atoms with Crippen molar-refractivity contribution in [2.75, 3.05) is 23.3 Å². The van der Waals surface area contributed by atoms with Crippen LogP contribution in [0.4, 0.5) is 24.9 Å². The van der Waals surface area contributed by atoms with Crippen LogP contribution in [0.15, 0.2) is 30.3 Å². The molecule has 1 aliphatic heterocycles. The number of thiocarbonyl (C=S) groups is 1. The van der Waals surface area contributed by atoms with Crippen molar-refractivity contribution in [3.8, 4) is 0 Å². The molecule has 2 N–H and O–H groups in total. The molecule has 2 aromatic rings. The average molecular weight is 444 g/mol. The molecule has 2 heterocycles. The smallest absolute Gasteiger partial charge is 0.358 e. The minimum atomic E-state index is -4.58. The summed E-state index contributed by atoms with van der Waals surface area (Å²) in [4.78, 5) is 9.73. The highest BCUT2D eigenvalue weighted by Gasteiger charge is 2.34. The number of nitrogens with zero attached hydrogens (tertiary/aromatic N) is 3. The Labute approximate surface area is 177 Å². The van der Waals surface area contributed by atoms with E-state index < -0.39 is 11.9 Å². The van der Waals surface area contributed by atoms with Gasteiger partial charge in [0.05, 0.1) is 0 Å². The van der Waals surface area contributed by atoms with E-state index in [4.69, 9.17) is 23.8 Å². The van der Waals surface area contributed by atoms with E-state index in [1.54, 1.807) is 6.07 Å². The molecule has 1 aromatic heterocycles. The van der Waals surface area contributed by atoms with E-state index in [0.717, 1.165) is 24.5 Å². The predicted molar refractivity (Wildman–Crippen MR) is 112 cm³/mol. The Morgan fingerprint density at radius 1 is 1.31 bits per heavy atom. The molecule has 5 nitrogen and oxygen atoms in total. The minimum absolute atomic E-state index is 0.113. The SMILES string of the molecule is CC1CCCN(c2cc(C(F)(F)F)nc(NC(=S)NCc3ccccc3Cl)n2)C1. The molecule has 1 fully saturated rings. The minimum Gasteiger partial charge on any atom is -0.358 e. The van der Waals surface area contributed by atoms with Gasteiger partial charge < -0.3 is 15.5 Å². The van der Waals surface area contributed by atoms with Gasteiger partial charge in [-0.15, -0.1) is 0 Å². The summed E-state index contributed by atoms with van der Waals surface area (Å²) in [6, 6.07) is 8.21. The van der Waals surface area contributed by atoms with Crippen LogP contribution >= 0.6 is 23.8 Å². The maximum absolute atomic E-state index is 13.3. The van der Waals surface area contributed by atoms with Crippen LogP contribution in [0.3, 0.4) is 0 Å². The summed E-state index contributed by atoms with van der Waals surface area (Å²) in [5.41, 5.74) is -0.191. The van der Waals surface area contributed by atoms with Gasteiger partial charge in [-0.1, -0.05) is 36.7 Å². The molecule has 0 aliphatic carbocycles. The molecule has 156 valence electrons. The van der Waals surface area contributed by atoms with Crippen molar-refractivity contribution in [3.63, 3.8) is 0 Å². The van der Waals surface area contributed by atoms with Gasteiger partial charge in [0.2, 0.25) is 5.95 Å². The number of rotatable bonds is 4. The number of aromatic nitrogens is 2. The number of nitrogens with one attached hydrogen (secondary N) is 2. The zero-order valence-corrected chi connectivity index (χ0v) is 17.3. The van der Waals surface area contributed by atoms with E-state index in [1.807, 2.05) is 23.1 Å². The molecule has 1 atom stereocenters. The van der Waals surface area contributed by atoms with Crippen molar-refractivity contribution in [1.82, 2.24) is 15.3 Å². The summed E-state index contributed by atoms with van der Waals surface area (Å²) in [7, 11) is 0. The van der Waals surface area contributed by atoms with Crippen LogP contribution in [0, 0.1) is 5.92 Å². The summed E-state index contributed by atoms with van der Waals surface area (Å²) >= 11 is 11.3. The quantitative estimate of drug-likeness (QED) is 0.657. The Hall–Kier alpha value is -2.13. The largest absolute Gasteiger partial charge is 0.433 e. The Morgan fingerprint density at radius 3 is 2.76 bits per heavy atom. The standard InChI is InChI=1S/C19H21ClF3N5S/c1-12-5-4-8-28(11-12)16-9-15(19(21,22)23)25-17(26-16)27-18(29)24-10-13-6-2-3-7-14(13)20/h2-3,6-7,9,12H,4-5,8,10-11H2,1H3,(H2,24,25,26,27,29). The lowest BCUT2D eigenvalue weighted by atomic mass is 10.0. The van der Waals surface area contributed by atoms with Crippen molar-refractivity contribution >= 4 is 40.7 Å². The maximum Gasteiger partial charge on any atom is 0.433 e.